The molecule has 0 aromatic heterocycles. The van der Waals surface area contributed by atoms with Crippen molar-refractivity contribution >= 4 is 5.91 Å². The first-order valence-corrected chi connectivity index (χ1v) is 7.24. The van der Waals surface area contributed by atoms with Crippen LogP contribution >= 0.6 is 0 Å². The normalized spacial score (nSPS) is 34.8. The van der Waals surface area contributed by atoms with Crippen LogP contribution in [0.5, 0.6) is 0 Å². The van der Waals surface area contributed by atoms with Gasteiger partial charge in [0.25, 0.3) is 0 Å². The summed E-state index contributed by atoms with van der Waals surface area (Å²) < 4.78 is 0. The van der Waals surface area contributed by atoms with E-state index in [4.69, 9.17) is 5.26 Å². The highest BCUT2D eigenvalue weighted by atomic mass is 16.2. The molecule has 0 aliphatic heterocycles. The second kappa shape index (κ2) is 5.30. The largest absolute Gasteiger partial charge is 0.352 e. The maximum atomic E-state index is 12.4. The van der Waals surface area contributed by atoms with E-state index in [1.165, 1.54) is 6.42 Å². The number of hydrogen-bond acceptors (Lipinski definition) is 2. The average molecular weight is 248 g/mol. The van der Waals surface area contributed by atoms with Crippen molar-refractivity contribution in [3.05, 3.63) is 0 Å². The van der Waals surface area contributed by atoms with E-state index in [1.807, 2.05) is 0 Å². The molecule has 3 atom stereocenters. The van der Waals surface area contributed by atoms with E-state index in [1.54, 1.807) is 0 Å². The van der Waals surface area contributed by atoms with Gasteiger partial charge in [-0.3, -0.25) is 4.79 Å². The molecule has 0 saturated heterocycles. The molecule has 2 aliphatic rings. The molecule has 0 heterocycles. The summed E-state index contributed by atoms with van der Waals surface area (Å²) in [6.45, 7) is 4.40. The molecule has 2 rings (SSSR count). The molecule has 3 heteroatoms. The Hall–Kier alpha value is -1.04. The van der Waals surface area contributed by atoms with Crippen LogP contribution in [0, 0.1) is 28.6 Å². The van der Waals surface area contributed by atoms with Crippen molar-refractivity contribution in [1.29, 1.82) is 5.26 Å². The van der Waals surface area contributed by atoms with Crippen LogP contribution in [0.1, 0.15) is 58.8 Å². The van der Waals surface area contributed by atoms with Gasteiger partial charge in [-0.05, 0) is 37.5 Å². The van der Waals surface area contributed by atoms with Crippen LogP contribution in [0.25, 0.3) is 0 Å². The first kappa shape index (κ1) is 13.4. The average Bonchev–Trinajstić information content (AvgIpc) is 2.75. The minimum Gasteiger partial charge on any atom is -0.352 e. The number of carbonyl (C=O) groups excluding carboxylic acids is 1. The molecule has 2 fully saturated rings. The molecule has 0 bridgehead atoms. The first-order chi connectivity index (χ1) is 8.54. The predicted octanol–water partition coefficient (Wildman–Crippen LogP) is 3.01. The molecule has 0 aromatic carbocycles. The van der Waals surface area contributed by atoms with Gasteiger partial charge in [0.05, 0.1) is 12.0 Å². The van der Waals surface area contributed by atoms with Crippen molar-refractivity contribution in [3.8, 4) is 6.07 Å². The maximum Gasteiger partial charge on any atom is 0.223 e. The van der Waals surface area contributed by atoms with Gasteiger partial charge >= 0.3 is 0 Å². The Morgan fingerprint density at radius 2 is 2.00 bits per heavy atom. The zero-order valence-corrected chi connectivity index (χ0v) is 11.5. The summed E-state index contributed by atoms with van der Waals surface area (Å²) in [6.07, 6.45) is 7.51. The lowest BCUT2D eigenvalue weighted by Crippen LogP contribution is -2.46. The lowest BCUT2D eigenvalue weighted by molar-refractivity contribution is -0.131. The van der Waals surface area contributed by atoms with Gasteiger partial charge in [0.2, 0.25) is 5.91 Å². The van der Waals surface area contributed by atoms with Gasteiger partial charge in [0.1, 0.15) is 0 Å². The highest BCUT2D eigenvalue weighted by Crippen LogP contribution is 2.41. The van der Waals surface area contributed by atoms with E-state index in [2.05, 4.69) is 25.2 Å². The zero-order valence-electron chi connectivity index (χ0n) is 11.5. The Bertz CT molecular complexity index is 356. The molecule has 0 spiro atoms. The fourth-order valence-electron chi connectivity index (χ4n) is 3.55. The van der Waals surface area contributed by atoms with Gasteiger partial charge in [0.15, 0.2) is 0 Å². The Kier molecular flexibility index (Phi) is 3.94. The first-order valence-electron chi connectivity index (χ1n) is 7.24. The number of nitrogens with zero attached hydrogens (tertiary/aromatic N) is 1. The minimum atomic E-state index is 0.0284. The molecule has 100 valence electrons. The lowest BCUT2D eigenvalue weighted by atomic mass is 9.68. The number of nitrogens with one attached hydrogen (secondary N) is 1. The van der Waals surface area contributed by atoms with Crippen molar-refractivity contribution < 1.29 is 4.79 Å². The quantitative estimate of drug-likeness (QED) is 0.816. The Balaban J connectivity index is 1.97. The minimum absolute atomic E-state index is 0.0284. The lowest BCUT2D eigenvalue weighted by Gasteiger charge is -2.38. The summed E-state index contributed by atoms with van der Waals surface area (Å²) >= 11 is 0. The van der Waals surface area contributed by atoms with Crippen molar-refractivity contribution in [3.63, 3.8) is 0 Å². The van der Waals surface area contributed by atoms with Gasteiger partial charge < -0.3 is 5.32 Å². The number of hydrogen-bond donors (Lipinski definition) is 1. The molecule has 0 radical (unpaired) electrons. The van der Waals surface area contributed by atoms with Gasteiger partial charge in [-0.15, -0.1) is 0 Å². The van der Waals surface area contributed by atoms with Crippen LogP contribution in [0.15, 0.2) is 0 Å². The molecule has 18 heavy (non-hydrogen) atoms. The van der Waals surface area contributed by atoms with Crippen molar-refractivity contribution in [2.75, 3.05) is 0 Å². The molecule has 0 aromatic rings. The van der Waals surface area contributed by atoms with E-state index in [9.17, 15) is 4.79 Å². The van der Waals surface area contributed by atoms with Gasteiger partial charge in [-0.25, -0.2) is 0 Å². The van der Waals surface area contributed by atoms with E-state index < -0.39 is 0 Å². The Morgan fingerprint density at radius 3 is 2.67 bits per heavy atom. The van der Waals surface area contributed by atoms with Gasteiger partial charge in [-0.1, -0.05) is 26.7 Å². The zero-order chi connectivity index (χ0) is 13.2. The molecule has 3 unspecified atom stereocenters. The molecule has 2 saturated carbocycles. The second-order valence-electron chi connectivity index (χ2n) is 6.57. The van der Waals surface area contributed by atoms with Crippen LogP contribution < -0.4 is 5.32 Å². The molecular formula is C15H24N2O. The summed E-state index contributed by atoms with van der Waals surface area (Å²) in [7, 11) is 0. The van der Waals surface area contributed by atoms with E-state index >= 15 is 0 Å². The molecule has 1 N–H and O–H groups in total. The number of amides is 1. The van der Waals surface area contributed by atoms with Crippen molar-refractivity contribution in [1.82, 2.24) is 5.32 Å². The molecule has 3 nitrogen and oxygen atoms in total. The van der Waals surface area contributed by atoms with Crippen LogP contribution in [-0.4, -0.2) is 11.9 Å². The summed E-state index contributed by atoms with van der Waals surface area (Å²) in [5.74, 6) is 0.346. The fourth-order valence-corrected chi connectivity index (χ4v) is 3.55. The smallest absolute Gasteiger partial charge is 0.223 e. The van der Waals surface area contributed by atoms with Gasteiger partial charge in [0, 0.05) is 12.0 Å². The van der Waals surface area contributed by atoms with Crippen LogP contribution in [-0.2, 0) is 4.79 Å². The topological polar surface area (TPSA) is 52.9 Å². The van der Waals surface area contributed by atoms with Gasteiger partial charge in [-0.2, -0.15) is 5.26 Å². The highest BCUT2D eigenvalue weighted by Gasteiger charge is 2.39. The van der Waals surface area contributed by atoms with Crippen molar-refractivity contribution in [2.45, 2.75) is 64.8 Å². The Labute approximate surface area is 110 Å². The van der Waals surface area contributed by atoms with E-state index in [-0.39, 0.29) is 29.2 Å². The van der Waals surface area contributed by atoms with Crippen LogP contribution in [0.4, 0.5) is 0 Å². The summed E-state index contributed by atoms with van der Waals surface area (Å²) in [5, 5.41) is 12.2. The number of rotatable bonds is 2. The number of nitriles is 1. The molecular weight excluding hydrogens is 224 g/mol. The summed E-state index contributed by atoms with van der Waals surface area (Å²) in [4.78, 5) is 12.4. The van der Waals surface area contributed by atoms with Crippen LogP contribution in [0.3, 0.4) is 0 Å². The maximum absolute atomic E-state index is 12.4. The number of carbonyl (C=O) groups is 1. The SMILES string of the molecule is CC1(C)CCCCC1C(=O)NC1CCCC1C#N. The molecule has 1 amide bonds. The Morgan fingerprint density at radius 1 is 1.22 bits per heavy atom. The third-order valence-corrected chi connectivity index (χ3v) is 4.83. The summed E-state index contributed by atoms with van der Waals surface area (Å²) in [6, 6.07) is 2.43. The summed E-state index contributed by atoms with van der Waals surface area (Å²) in [5.41, 5.74) is 0.114. The van der Waals surface area contributed by atoms with Crippen LogP contribution in [0.2, 0.25) is 0 Å². The monoisotopic (exact) mass is 248 g/mol. The van der Waals surface area contributed by atoms with E-state index in [0.717, 1.165) is 38.5 Å². The third kappa shape index (κ3) is 2.68. The standard InChI is InChI=1S/C15H24N2O/c1-15(2)9-4-3-7-12(15)14(18)17-13-8-5-6-11(13)10-16/h11-13H,3-9H2,1-2H3,(H,17,18). The highest BCUT2D eigenvalue weighted by molar-refractivity contribution is 5.80. The molecule has 2 aliphatic carbocycles. The predicted molar refractivity (Wildman–Crippen MR) is 70.6 cm³/mol. The second-order valence-corrected chi connectivity index (χ2v) is 6.57. The van der Waals surface area contributed by atoms with Crippen molar-refractivity contribution in [2.24, 2.45) is 17.3 Å². The van der Waals surface area contributed by atoms with E-state index in [0.29, 0.717) is 0 Å². The third-order valence-electron chi connectivity index (χ3n) is 4.83. The fraction of sp³-hybridized carbons (Fsp3) is 0.867.